The molecule has 0 aliphatic carbocycles. The molecule has 0 aromatic carbocycles. The molecule has 0 spiro atoms. The molecule has 0 saturated heterocycles. The quantitative estimate of drug-likeness (QED) is 0.557. The van der Waals surface area contributed by atoms with Crippen molar-refractivity contribution in [2.75, 3.05) is 5.88 Å². The molecule has 0 saturated carbocycles. The molecule has 0 aromatic heterocycles. The second-order valence-corrected chi connectivity index (χ2v) is 2.67. The first-order valence-corrected chi connectivity index (χ1v) is 3.05. The summed E-state index contributed by atoms with van der Waals surface area (Å²) in [6.45, 7) is 0. The van der Waals surface area contributed by atoms with Crippen LogP contribution >= 0.6 is 39.1 Å². The van der Waals surface area contributed by atoms with Crippen LogP contribution in [-0.2, 0) is 0 Å². The molecular formula is C3H3BrCl2. The van der Waals surface area contributed by atoms with Gasteiger partial charge in [-0.25, -0.2) is 0 Å². The Morgan fingerprint density at radius 1 is 1.83 bits per heavy atom. The Hall–Kier alpha value is 0.800. The minimum Gasteiger partial charge on any atom is -0.122 e. The van der Waals surface area contributed by atoms with Crippen LogP contribution < -0.4 is 0 Å². The minimum atomic E-state index is 0.462. The van der Waals surface area contributed by atoms with Gasteiger partial charge in [-0.2, -0.15) is 0 Å². The van der Waals surface area contributed by atoms with Gasteiger partial charge in [0.25, 0.3) is 0 Å². The zero-order valence-corrected chi connectivity index (χ0v) is 6.02. The van der Waals surface area contributed by atoms with Crippen molar-refractivity contribution < 1.29 is 0 Å². The normalized spacial score (nSPS) is 12.2. The topological polar surface area (TPSA) is 0 Å². The maximum Gasteiger partial charge on any atom is 0.0806 e. The molecule has 0 bridgehead atoms. The fraction of sp³-hybridized carbons (Fsp3) is 0.333. The lowest BCUT2D eigenvalue weighted by atomic mass is 10.8. The summed E-state index contributed by atoms with van der Waals surface area (Å²) in [5.41, 5.74) is 0. The predicted octanol–water partition coefficient (Wildman–Crippen LogP) is 2.70. The molecule has 0 radical (unpaired) electrons. The third-order valence-corrected chi connectivity index (χ3v) is 0.864. The maximum absolute atomic E-state index is 5.27. The second-order valence-electron chi connectivity index (χ2n) is 0.648. The van der Waals surface area contributed by atoms with Gasteiger partial charge in [0.15, 0.2) is 0 Å². The molecule has 0 aliphatic rings. The third-order valence-electron chi connectivity index (χ3n) is 0.231. The Balaban J connectivity index is 3.14. The van der Waals surface area contributed by atoms with E-state index in [1.807, 2.05) is 0 Å². The molecule has 0 atom stereocenters. The predicted molar refractivity (Wildman–Crippen MR) is 33.6 cm³/mol. The van der Waals surface area contributed by atoms with Gasteiger partial charge in [-0.1, -0.05) is 11.6 Å². The highest BCUT2D eigenvalue weighted by Gasteiger charge is 1.74. The largest absolute Gasteiger partial charge is 0.122 e. The Kier molecular flexibility index (Phi) is 4.50. The molecule has 0 fully saturated rings. The third kappa shape index (κ3) is 4.80. The molecular weight excluding hydrogens is 187 g/mol. The highest BCUT2D eigenvalue weighted by Crippen LogP contribution is 2.08. The van der Waals surface area contributed by atoms with Crippen molar-refractivity contribution in [1.82, 2.24) is 0 Å². The molecule has 0 N–H and O–H groups in total. The summed E-state index contributed by atoms with van der Waals surface area (Å²) in [7, 11) is 0. The van der Waals surface area contributed by atoms with Crippen molar-refractivity contribution in [3.63, 3.8) is 0 Å². The van der Waals surface area contributed by atoms with Gasteiger partial charge in [0.2, 0.25) is 0 Å². The van der Waals surface area contributed by atoms with Crippen molar-refractivity contribution in [1.29, 1.82) is 0 Å². The Morgan fingerprint density at radius 3 is 2.33 bits per heavy atom. The highest BCUT2D eigenvalue weighted by atomic mass is 79.9. The number of allylic oxidation sites excluding steroid dienone is 1. The molecule has 0 heterocycles. The minimum absolute atomic E-state index is 0.462. The molecule has 6 heavy (non-hydrogen) atoms. The average Bonchev–Trinajstić information content (AvgIpc) is 1.35. The van der Waals surface area contributed by atoms with Gasteiger partial charge in [-0.05, 0) is 22.0 Å². The number of alkyl halides is 1. The van der Waals surface area contributed by atoms with E-state index in [4.69, 9.17) is 23.2 Å². The van der Waals surface area contributed by atoms with Crippen molar-refractivity contribution in [2.24, 2.45) is 0 Å². The van der Waals surface area contributed by atoms with Crippen molar-refractivity contribution in [3.8, 4) is 0 Å². The summed E-state index contributed by atoms with van der Waals surface area (Å²) in [4.78, 5) is 0. The van der Waals surface area contributed by atoms with Crippen LogP contribution in [0, 0.1) is 0 Å². The summed E-state index contributed by atoms with van der Waals surface area (Å²) >= 11 is 13.5. The highest BCUT2D eigenvalue weighted by molar-refractivity contribution is 9.12. The molecule has 0 aliphatic heterocycles. The monoisotopic (exact) mass is 188 g/mol. The maximum atomic E-state index is 5.27. The smallest absolute Gasteiger partial charge is 0.0806 e. The first-order chi connectivity index (χ1) is 2.77. The van der Waals surface area contributed by atoms with Gasteiger partial charge in [0, 0.05) is 5.88 Å². The van der Waals surface area contributed by atoms with Crippen molar-refractivity contribution in [3.05, 3.63) is 10.0 Å². The van der Waals surface area contributed by atoms with Gasteiger partial charge >= 0.3 is 0 Å². The first kappa shape index (κ1) is 6.80. The Labute approximate surface area is 55.3 Å². The standard InChI is InChI=1S/C3H3BrCl2/c4-3(6)1-2-5/h1H,2H2. The molecule has 0 nitrogen and oxygen atoms in total. The second kappa shape index (κ2) is 3.97. The number of halogens is 3. The number of hydrogen-bond donors (Lipinski definition) is 0. The van der Waals surface area contributed by atoms with Crippen molar-refractivity contribution >= 4 is 39.1 Å². The number of rotatable bonds is 1. The van der Waals surface area contributed by atoms with Crippen LogP contribution in [0.1, 0.15) is 0 Å². The fourth-order valence-electron chi connectivity index (χ4n) is 0.0583. The van der Waals surface area contributed by atoms with E-state index in [-0.39, 0.29) is 0 Å². The molecule has 3 heteroatoms. The van der Waals surface area contributed by atoms with Gasteiger partial charge in [-0.15, -0.1) is 11.6 Å². The zero-order valence-electron chi connectivity index (χ0n) is 2.92. The van der Waals surface area contributed by atoms with Gasteiger partial charge in [0.1, 0.15) is 0 Å². The van der Waals surface area contributed by atoms with Gasteiger partial charge < -0.3 is 0 Å². The van der Waals surface area contributed by atoms with Crippen LogP contribution in [0.15, 0.2) is 10.0 Å². The van der Waals surface area contributed by atoms with Crippen LogP contribution in [-0.4, -0.2) is 5.88 Å². The molecule has 0 rings (SSSR count). The molecule has 36 valence electrons. The summed E-state index contributed by atoms with van der Waals surface area (Å²) in [5.74, 6) is 0.462. The van der Waals surface area contributed by atoms with Crippen molar-refractivity contribution in [2.45, 2.75) is 0 Å². The molecule has 0 aromatic rings. The summed E-state index contributed by atoms with van der Waals surface area (Å²) < 4.78 is 0.567. The lowest BCUT2D eigenvalue weighted by Crippen LogP contribution is -1.55. The lowest BCUT2D eigenvalue weighted by molar-refractivity contribution is 1.78. The van der Waals surface area contributed by atoms with Crippen LogP contribution in [0.2, 0.25) is 0 Å². The van der Waals surface area contributed by atoms with E-state index in [1.165, 1.54) is 0 Å². The van der Waals surface area contributed by atoms with Gasteiger partial charge in [0.05, 0.1) is 3.94 Å². The van der Waals surface area contributed by atoms with Crippen LogP contribution in [0.4, 0.5) is 0 Å². The SMILES string of the molecule is ClCC=C(Cl)Br. The first-order valence-electron chi connectivity index (χ1n) is 1.34. The van der Waals surface area contributed by atoms with Gasteiger partial charge in [-0.3, -0.25) is 0 Å². The summed E-state index contributed by atoms with van der Waals surface area (Å²) in [5, 5.41) is 0. The molecule has 0 amide bonds. The van der Waals surface area contributed by atoms with E-state index in [0.717, 1.165) is 0 Å². The van der Waals surface area contributed by atoms with E-state index >= 15 is 0 Å². The summed E-state index contributed by atoms with van der Waals surface area (Å²) in [6, 6.07) is 0. The van der Waals surface area contributed by atoms with E-state index in [1.54, 1.807) is 6.08 Å². The Bertz CT molecular complexity index is 55.8. The lowest BCUT2D eigenvalue weighted by Gasteiger charge is -1.73. The van der Waals surface area contributed by atoms with E-state index in [2.05, 4.69) is 15.9 Å². The van der Waals surface area contributed by atoms with E-state index in [0.29, 0.717) is 9.82 Å². The summed E-state index contributed by atoms with van der Waals surface area (Å²) in [6.07, 6.45) is 1.66. The molecule has 0 unspecified atom stereocenters. The Morgan fingerprint density at radius 2 is 2.33 bits per heavy atom. The van der Waals surface area contributed by atoms with Crippen LogP contribution in [0.25, 0.3) is 0 Å². The van der Waals surface area contributed by atoms with Crippen LogP contribution in [0.3, 0.4) is 0 Å². The zero-order chi connectivity index (χ0) is 4.99. The van der Waals surface area contributed by atoms with Crippen LogP contribution in [0.5, 0.6) is 0 Å². The fourth-order valence-corrected chi connectivity index (χ4v) is 0.717. The number of hydrogen-bond acceptors (Lipinski definition) is 0. The van der Waals surface area contributed by atoms with E-state index in [9.17, 15) is 0 Å². The van der Waals surface area contributed by atoms with E-state index < -0.39 is 0 Å². The average molecular weight is 190 g/mol.